The normalized spacial score (nSPS) is 19.0. The highest BCUT2D eigenvalue weighted by molar-refractivity contribution is 7.10. The van der Waals surface area contributed by atoms with Crippen molar-refractivity contribution in [3.05, 3.63) is 64.0 Å². The van der Waals surface area contributed by atoms with Crippen LogP contribution in [0.15, 0.2) is 53.5 Å². The van der Waals surface area contributed by atoms with Gasteiger partial charge in [0.05, 0.1) is 11.6 Å². The van der Waals surface area contributed by atoms with Crippen molar-refractivity contribution in [3.63, 3.8) is 0 Å². The summed E-state index contributed by atoms with van der Waals surface area (Å²) in [5.41, 5.74) is 1.56. The van der Waals surface area contributed by atoms with Crippen molar-refractivity contribution in [3.8, 4) is 0 Å². The fourth-order valence-electron chi connectivity index (χ4n) is 3.82. The lowest BCUT2D eigenvalue weighted by Crippen LogP contribution is -2.32. The third-order valence-electron chi connectivity index (χ3n) is 5.20. The number of aliphatic hydroxyl groups is 1. The molecule has 2 N–H and O–H groups in total. The number of hydrogen-bond acceptors (Lipinski definition) is 5. The van der Waals surface area contributed by atoms with E-state index >= 15 is 0 Å². The van der Waals surface area contributed by atoms with Crippen molar-refractivity contribution in [2.75, 3.05) is 27.2 Å². The topological polar surface area (TPSA) is 76.6 Å². The predicted octanol–water partition coefficient (Wildman–Crippen LogP) is 3.60. The van der Waals surface area contributed by atoms with Crippen LogP contribution in [0.2, 0.25) is 0 Å². The fourth-order valence-corrected chi connectivity index (χ4v) is 4.67. The maximum atomic E-state index is 13.0. The number of carbonyl (C=O) groups is 2. The molecule has 0 bridgehead atoms. The number of nitrogens with one attached hydrogen (secondary N) is 1. The van der Waals surface area contributed by atoms with Crippen LogP contribution in [0.5, 0.6) is 0 Å². The summed E-state index contributed by atoms with van der Waals surface area (Å²) in [6.45, 7) is 1.26. The second-order valence-corrected chi connectivity index (χ2v) is 8.39. The third-order valence-corrected chi connectivity index (χ3v) is 6.13. The van der Waals surface area contributed by atoms with Crippen molar-refractivity contribution in [1.29, 1.82) is 0 Å². The highest BCUT2D eigenvalue weighted by Crippen LogP contribution is 2.41. The average Bonchev–Trinajstić information content (AvgIpc) is 3.42. The van der Waals surface area contributed by atoms with Crippen LogP contribution in [0.4, 0.5) is 0 Å². The van der Waals surface area contributed by atoms with Crippen LogP contribution < -0.4 is 0 Å². The van der Waals surface area contributed by atoms with Crippen LogP contribution in [0.25, 0.3) is 16.7 Å². The molecule has 1 fully saturated rings. The minimum atomic E-state index is -0.629. The van der Waals surface area contributed by atoms with Crippen molar-refractivity contribution >= 4 is 39.7 Å². The summed E-state index contributed by atoms with van der Waals surface area (Å²) < 4.78 is 0. The first-order chi connectivity index (χ1) is 14.0. The molecule has 29 heavy (non-hydrogen) atoms. The van der Waals surface area contributed by atoms with Gasteiger partial charge in [0.1, 0.15) is 5.76 Å². The molecule has 3 aromatic rings. The Morgan fingerprint density at radius 2 is 2.00 bits per heavy atom. The molecular formula is C22H23N3O3S. The number of rotatable bonds is 6. The van der Waals surface area contributed by atoms with E-state index in [-0.39, 0.29) is 11.3 Å². The first-order valence-corrected chi connectivity index (χ1v) is 10.4. The minimum absolute atomic E-state index is 0.130. The van der Waals surface area contributed by atoms with Gasteiger partial charge >= 0.3 is 0 Å². The SMILES string of the molecule is CN(C)CCCN1C(=O)C(=O)/C(=C(/O)c2c[nH]c3ccccc23)[C@H]1c1cccs1. The van der Waals surface area contributed by atoms with E-state index in [2.05, 4.69) is 4.98 Å². The van der Waals surface area contributed by atoms with Crippen LogP contribution in [0.3, 0.4) is 0 Å². The molecule has 0 radical (unpaired) electrons. The van der Waals surface area contributed by atoms with E-state index in [1.54, 1.807) is 11.1 Å². The number of ketones is 1. The number of benzene rings is 1. The van der Waals surface area contributed by atoms with E-state index in [9.17, 15) is 14.7 Å². The molecule has 150 valence electrons. The number of carbonyl (C=O) groups excluding carboxylic acids is 2. The van der Waals surface area contributed by atoms with Crippen molar-refractivity contribution in [1.82, 2.24) is 14.8 Å². The molecule has 1 atom stereocenters. The predicted molar refractivity (Wildman–Crippen MR) is 115 cm³/mol. The zero-order valence-corrected chi connectivity index (χ0v) is 17.2. The molecule has 1 aromatic carbocycles. The van der Waals surface area contributed by atoms with E-state index in [1.165, 1.54) is 11.3 Å². The number of hydrogen-bond donors (Lipinski definition) is 2. The first kappa shape index (κ1) is 19.4. The van der Waals surface area contributed by atoms with E-state index in [0.29, 0.717) is 12.1 Å². The molecule has 1 saturated heterocycles. The molecule has 4 rings (SSSR count). The number of nitrogens with zero attached hydrogens (tertiary/aromatic N) is 2. The molecule has 1 aliphatic heterocycles. The number of amides is 1. The van der Waals surface area contributed by atoms with Gasteiger partial charge in [-0.05, 0) is 44.6 Å². The number of likely N-dealkylation sites (tertiary alicyclic amines) is 1. The molecule has 6 nitrogen and oxygen atoms in total. The van der Waals surface area contributed by atoms with Crippen LogP contribution in [-0.4, -0.2) is 58.8 Å². The maximum absolute atomic E-state index is 13.0. The third kappa shape index (κ3) is 3.47. The molecule has 0 saturated carbocycles. The summed E-state index contributed by atoms with van der Waals surface area (Å²) in [5, 5.41) is 13.9. The van der Waals surface area contributed by atoms with E-state index in [0.717, 1.165) is 28.7 Å². The van der Waals surface area contributed by atoms with Crippen molar-refractivity contribution < 1.29 is 14.7 Å². The lowest BCUT2D eigenvalue weighted by Gasteiger charge is -2.24. The average molecular weight is 410 g/mol. The van der Waals surface area contributed by atoms with E-state index in [4.69, 9.17) is 0 Å². The first-order valence-electron chi connectivity index (χ1n) is 9.52. The standard InChI is InChI=1S/C22H23N3O3S/c1-24(2)10-6-11-25-19(17-9-5-12-29-17)18(21(27)22(25)28)20(26)15-13-23-16-8-4-3-7-14(15)16/h3-5,7-9,12-13,19,23,26H,6,10-11H2,1-2H3/b20-18+/t19-/m1/s1. The van der Waals surface area contributed by atoms with Gasteiger partial charge in [-0.25, -0.2) is 0 Å². The molecule has 7 heteroatoms. The lowest BCUT2D eigenvalue weighted by molar-refractivity contribution is -0.139. The van der Waals surface area contributed by atoms with Crippen LogP contribution in [-0.2, 0) is 9.59 Å². The summed E-state index contributed by atoms with van der Waals surface area (Å²) >= 11 is 1.48. The second-order valence-electron chi connectivity index (χ2n) is 7.41. The Labute approximate surface area is 173 Å². The van der Waals surface area contributed by atoms with Gasteiger partial charge in [0.2, 0.25) is 0 Å². The fraction of sp³-hybridized carbons (Fsp3) is 0.273. The number of thiophene rings is 1. The summed E-state index contributed by atoms with van der Waals surface area (Å²) in [5.74, 6) is -1.31. The van der Waals surface area contributed by atoms with Gasteiger partial charge in [-0.15, -0.1) is 11.3 Å². The molecule has 3 heterocycles. The Bertz CT molecular complexity index is 1080. The molecule has 2 aromatic heterocycles. The molecular weight excluding hydrogens is 386 g/mol. The smallest absolute Gasteiger partial charge is 0.295 e. The molecule has 0 aliphatic carbocycles. The Morgan fingerprint density at radius 3 is 2.72 bits per heavy atom. The van der Waals surface area contributed by atoms with Crippen molar-refractivity contribution in [2.24, 2.45) is 0 Å². The Hall–Kier alpha value is -2.90. The molecule has 0 unspecified atom stereocenters. The van der Waals surface area contributed by atoms with Gasteiger partial charge in [0, 0.05) is 34.1 Å². The van der Waals surface area contributed by atoms with Gasteiger partial charge in [-0.2, -0.15) is 0 Å². The minimum Gasteiger partial charge on any atom is -0.507 e. The van der Waals surface area contributed by atoms with Gasteiger partial charge in [-0.3, -0.25) is 9.59 Å². The zero-order chi connectivity index (χ0) is 20.5. The van der Waals surface area contributed by atoms with Gasteiger partial charge in [-0.1, -0.05) is 24.3 Å². The largest absolute Gasteiger partial charge is 0.507 e. The summed E-state index contributed by atoms with van der Waals surface area (Å²) in [6, 6.07) is 10.8. The van der Waals surface area contributed by atoms with Gasteiger partial charge in [0.15, 0.2) is 0 Å². The summed E-state index contributed by atoms with van der Waals surface area (Å²) in [4.78, 5) is 33.4. The maximum Gasteiger partial charge on any atom is 0.295 e. The monoisotopic (exact) mass is 409 g/mol. The summed E-state index contributed by atoms with van der Waals surface area (Å²) in [7, 11) is 3.95. The van der Waals surface area contributed by atoms with Gasteiger partial charge < -0.3 is 19.9 Å². The highest BCUT2D eigenvalue weighted by Gasteiger charge is 2.46. The zero-order valence-electron chi connectivity index (χ0n) is 16.4. The van der Waals surface area contributed by atoms with E-state index < -0.39 is 17.7 Å². The number of fused-ring (bicyclic) bond motifs is 1. The van der Waals surface area contributed by atoms with E-state index in [1.807, 2.05) is 60.8 Å². The molecule has 1 aliphatic rings. The number of aromatic nitrogens is 1. The number of Topliss-reactive ketones (excluding diaryl/α,β-unsaturated/α-hetero) is 1. The highest BCUT2D eigenvalue weighted by atomic mass is 32.1. The van der Waals surface area contributed by atoms with Crippen LogP contribution >= 0.6 is 11.3 Å². The van der Waals surface area contributed by atoms with Crippen LogP contribution in [0, 0.1) is 0 Å². The summed E-state index contributed by atoms with van der Waals surface area (Å²) in [6.07, 6.45) is 2.43. The molecule has 0 spiro atoms. The number of aliphatic hydroxyl groups excluding tert-OH is 1. The Kier molecular flexibility index (Phi) is 5.25. The number of para-hydroxylation sites is 1. The Morgan fingerprint density at radius 1 is 1.21 bits per heavy atom. The van der Waals surface area contributed by atoms with Crippen molar-refractivity contribution in [2.45, 2.75) is 12.5 Å². The Balaban J connectivity index is 1.81. The quantitative estimate of drug-likeness (QED) is 0.370. The number of aromatic amines is 1. The number of H-pyrrole nitrogens is 1. The molecule has 1 amide bonds. The van der Waals surface area contributed by atoms with Gasteiger partial charge in [0.25, 0.3) is 11.7 Å². The second kappa shape index (κ2) is 7.85. The van der Waals surface area contributed by atoms with Crippen LogP contribution in [0.1, 0.15) is 22.9 Å². The lowest BCUT2D eigenvalue weighted by atomic mass is 9.99.